The first-order chi connectivity index (χ1) is 10.1. The normalized spacial score (nSPS) is 10.8. The summed E-state index contributed by atoms with van der Waals surface area (Å²) < 4.78 is 6.76. The molecule has 0 aliphatic heterocycles. The third-order valence-electron chi connectivity index (χ3n) is 3.35. The fourth-order valence-electron chi connectivity index (χ4n) is 2.18. The van der Waals surface area contributed by atoms with Crippen LogP contribution in [0.1, 0.15) is 16.9 Å². The van der Waals surface area contributed by atoms with Gasteiger partial charge in [0.2, 0.25) is 0 Å². The van der Waals surface area contributed by atoms with Gasteiger partial charge in [-0.1, -0.05) is 15.9 Å². The molecule has 0 spiro atoms. The molecule has 108 valence electrons. The fourth-order valence-corrected chi connectivity index (χ4v) is 2.43. The molecule has 0 aliphatic carbocycles. The molecule has 0 aliphatic rings. The molecule has 1 aromatic carbocycles. The van der Waals surface area contributed by atoms with E-state index in [4.69, 9.17) is 4.42 Å². The predicted molar refractivity (Wildman–Crippen MR) is 87.2 cm³/mol. The number of aromatic amines is 1. The van der Waals surface area contributed by atoms with Crippen molar-refractivity contribution in [2.45, 2.75) is 20.4 Å². The lowest BCUT2D eigenvalue weighted by atomic mass is 10.2. The molecule has 0 amide bonds. The van der Waals surface area contributed by atoms with Gasteiger partial charge in [-0.15, -0.1) is 0 Å². The number of hydrogen-bond acceptors (Lipinski definition) is 3. The molecule has 5 heteroatoms. The van der Waals surface area contributed by atoms with Crippen LogP contribution >= 0.6 is 15.9 Å². The standard InChI is InChI=1S/C16H16BrN3O/c1-10-7-13(4-5-14(10)17)18-8-12-9-19-20-16(12)15-6-3-11(2)21-15/h3-7,9,18H,8H2,1-2H3,(H,19,20). The smallest absolute Gasteiger partial charge is 0.152 e. The van der Waals surface area contributed by atoms with Gasteiger partial charge in [-0.3, -0.25) is 5.10 Å². The molecule has 2 N–H and O–H groups in total. The van der Waals surface area contributed by atoms with Crippen molar-refractivity contribution in [1.29, 1.82) is 0 Å². The molecule has 0 bridgehead atoms. The summed E-state index contributed by atoms with van der Waals surface area (Å²) in [5.41, 5.74) is 4.28. The van der Waals surface area contributed by atoms with Gasteiger partial charge in [0.25, 0.3) is 0 Å². The minimum Gasteiger partial charge on any atom is -0.460 e. The van der Waals surface area contributed by atoms with E-state index in [0.29, 0.717) is 6.54 Å². The number of anilines is 1. The molecule has 21 heavy (non-hydrogen) atoms. The summed E-state index contributed by atoms with van der Waals surface area (Å²) in [6.07, 6.45) is 1.83. The maximum absolute atomic E-state index is 5.65. The third-order valence-corrected chi connectivity index (χ3v) is 4.24. The number of halogens is 1. The summed E-state index contributed by atoms with van der Waals surface area (Å²) in [5, 5.41) is 10.5. The highest BCUT2D eigenvalue weighted by molar-refractivity contribution is 9.10. The number of benzene rings is 1. The Morgan fingerprint density at radius 1 is 1.24 bits per heavy atom. The zero-order chi connectivity index (χ0) is 14.8. The van der Waals surface area contributed by atoms with Crippen molar-refractivity contribution >= 4 is 21.6 Å². The molecule has 2 heterocycles. The third kappa shape index (κ3) is 3.03. The Labute approximate surface area is 131 Å². The van der Waals surface area contributed by atoms with Gasteiger partial charge in [0, 0.05) is 22.3 Å². The Morgan fingerprint density at radius 2 is 2.10 bits per heavy atom. The van der Waals surface area contributed by atoms with Crippen LogP contribution in [-0.4, -0.2) is 10.2 Å². The Bertz CT molecular complexity index is 760. The first kappa shape index (κ1) is 13.9. The van der Waals surface area contributed by atoms with Crippen molar-refractivity contribution in [3.8, 4) is 11.5 Å². The molecule has 0 saturated carbocycles. The van der Waals surface area contributed by atoms with Gasteiger partial charge in [0.15, 0.2) is 5.76 Å². The minimum absolute atomic E-state index is 0.687. The zero-order valence-corrected chi connectivity index (χ0v) is 13.5. The number of hydrogen-bond donors (Lipinski definition) is 2. The lowest BCUT2D eigenvalue weighted by Crippen LogP contribution is -2.00. The molecule has 0 radical (unpaired) electrons. The zero-order valence-electron chi connectivity index (χ0n) is 11.9. The number of aryl methyl sites for hydroxylation is 2. The Balaban J connectivity index is 1.77. The van der Waals surface area contributed by atoms with Crippen molar-refractivity contribution in [3.05, 3.63) is 57.9 Å². The molecule has 0 unspecified atom stereocenters. The maximum Gasteiger partial charge on any atom is 0.152 e. The second-order valence-electron chi connectivity index (χ2n) is 5.00. The van der Waals surface area contributed by atoms with Crippen molar-refractivity contribution in [2.24, 2.45) is 0 Å². The second-order valence-corrected chi connectivity index (χ2v) is 5.85. The number of rotatable bonds is 4. The van der Waals surface area contributed by atoms with Crippen LogP contribution < -0.4 is 5.32 Å². The molecule has 3 rings (SSSR count). The van der Waals surface area contributed by atoms with E-state index in [1.54, 1.807) is 0 Å². The van der Waals surface area contributed by atoms with Crippen molar-refractivity contribution in [2.75, 3.05) is 5.32 Å². The van der Waals surface area contributed by atoms with Crippen LogP contribution in [0.15, 0.2) is 45.4 Å². The molecule has 3 aromatic rings. The Hall–Kier alpha value is -2.01. The van der Waals surface area contributed by atoms with Crippen molar-refractivity contribution in [1.82, 2.24) is 10.2 Å². The number of furan rings is 1. The molecule has 0 fully saturated rings. The summed E-state index contributed by atoms with van der Waals surface area (Å²) in [6.45, 7) is 4.69. The molecule has 0 saturated heterocycles. The summed E-state index contributed by atoms with van der Waals surface area (Å²) in [4.78, 5) is 0. The van der Waals surface area contributed by atoms with E-state index in [1.807, 2.05) is 37.4 Å². The van der Waals surface area contributed by atoms with E-state index in [-0.39, 0.29) is 0 Å². The molecule has 4 nitrogen and oxygen atoms in total. The number of H-pyrrole nitrogens is 1. The van der Waals surface area contributed by atoms with Gasteiger partial charge >= 0.3 is 0 Å². The van der Waals surface area contributed by atoms with E-state index < -0.39 is 0 Å². The van der Waals surface area contributed by atoms with Gasteiger partial charge in [-0.2, -0.15) is 5.10 Å². The second kappa shape index (κ2) is 5.77. The highest BCUT2D eigenvalue weighted by Gasteiger charge is 2.11. The summed E-state index contributed by atoms with van der Waals surface area (Å²) in [6, 6.07) is 10.1. The van der Waals surface area contributed by atoms with Crippen molar-refractivity contribution in [3.63, 3.8) is 0 Å². The molecule has 0 atom stereocenters. The quantitative estimate of drug-likeness (QED) is 0.722. The van der Waals surface area contributed by atoms with Crippen LogP contribution in [0, 0.1) is 13.8 Å². The molecule has 2 aromatic heterocycles. The average Bonchev–Trinajstić information content (AvgIpc) is 3.08. The predicted octanol–water partition coefficient (Wildman–Crippen LogP) is 4.66. The number of nitrogens with one attached hydrogen (secondary N) is 2. The fraction of sp³-hybridized carbons (Fsp3) is 0.188. The highest BCUT2D eigenvalue weighted by Crippen LogP contribution is 2.25. The highest BCUT2D eigenvalue weighted by atomic mass is 79.9. The molecular formula is C16H16BrN3O. The summed E-state index contributed by atoms with van der Waals surface area (Å²) in [5.74, 6) is 1.70. The number of nitrogens with zero attached hydrogens (tertiary/aromatic N) is 1. The van der Waals surface area contributed by atoms with Crippen LogP contribution in [-0.2, 0) is 6.54 Å². The van der Waals surface area contributed by atoms with E-state index in [9.17, 15) is 0 Å². The van der Waals surface area contributed by atoms with Gasteiger partial charge in [-0.25, -0.2) is 0 Å². The minimum atomic E-state index is 0.687. The lowest BCUT2D eigenvalue weighted by Gasteiger charge is -2.08. The van der Waals surface area contributed by atoms with Crippen LogP contribution in [0.4, 0.5) is 5.69 Å². The SMILES string of the molecule is Cc1ccc(-c2[nH]ncc2CNc2ccc(Br)c(C)c2)o1. The Kier molecular flexibility index (Phi) is 3.84. The first-order valence-electron chi connectivity index (χ1n) is 6.72. The Morgan fingerprint density at radius 3 is 2.81 bits per heavy atom. The van der Waals surface area contributed by atoms with E-state index in [0.717, 1.165) is 32.9 Å². The largest absolute Gasteiger partial charge is 0.460 e. The lowest BCUT2D eigenvalue weighted by molar-refractivity contribution is 0.545. The van der Waals surface area contributed by atoms with Crippen LogP contribution in [0.5, 0.6) is 0 Å². The van der Waals surface area contributed by atoms with Gasteiger partial charge in [0.1, 0.15) is 11.5 Å². The maximum atomic E-state index is 5.65. The number of aromatic nitrogens is 2. The van der Waals surface area contributed by atoms with Crippen LogP contribution in [0.2, 0.25) is 0 Å². The topological polar surface area (TPSA) is 53.9 Å². The van der Waals surface area contributed by atoms with Crippen LogP contribution in [0.25, 0.3) is 11.5 Å². The van der Waals surface area contributed by atoms with Gasteiger partial charge < -0.3 is 9.73 Å². The van der Waals surface area contributed by atoms with E-state index >= 15 is 0 Å². The van der Waals surface area contributed by atoms with E-state index in [2.05, 4.69) is 44.4 Å². The summed E-state index contributed by atoms with van der Waals surface area (Å²) in [7, 11) is 0. The van der Waals surface area contributed by atoms with Crippen LogP contribution in [0.3, 0.4) is 0 Å². The molecular weight excluding hydrogens is 330 g/mol. The van der Waals surface area contributed by atoms with Crippen molar-refractivity contribution < 1.29 is 4.42 Å². The van der Waals surface area contributed by atoms with Gasteiger partial charge in [0.05, 0.1) is 6.20 Å². The van der Waals surface area contributed by atoms with E-state index in [1.165, 1.54) is 5.56 Å². The van der Waals surface area contributed by atoms with Gasteiger partial charge in [-0.05, 0) is 49.7 Å². The summed E-state index contributed by atoms with van der Waals surface area (Å²) >= 11 is 3.51. The average molecular weight is 346 g/mol. The first-order valence-corrected chi connectivity index (χ1v) is 7.52. The monoisotopic (exact) mass is 345 g/mol.